The van der Waals surface area contributed by atoms with Gasteiger partial charge in [-0.2, -0.15) is 0 Å². The van der Waals surface area contributed by atoms with E-state index in [4.69, 9.17) is 5.11 Å². The number of amides is 1. The summed E-state index contributed by atoms with van der Waals surface area (Å²) in [6.45, 7) is 4.60. The fourth-order valence-corrected chi connectivity index (χ4v) is 2.62. The molecule has 0 aromatic heterocycles. The molecule has 2 N–H and O–H groups in total. The Morgan fingerprint density at radius 1 is 1.41 bits per heavy atom. The number of nitrogens with one attached hydrogen (secondary N) is 1. The van der Waals surface area contributed by atoms with Gasteiger partial charge < -0.3 is 10.4 Å². The Bertz CT molecular complexity index is 545. The smallest absolute Gasteiger partial charge is 0.223 e. The number of carbonyl (C=O) groups is 1. The van der Waals surface area contributed by atoms with Crippen LogP contribution in [0.5, 0.6) is 0 Å². The molecule has 3 nitrogen and oxygen atoms in total. The van der Waals surface area contributed by atoms with E-state index in [2.05, 4.69) is 5.32 Å². The summed E-state index contributed by atoms with van der Waals surface area (Å²) < 4.78 is 26.8. The Morgan fingerprint density at radius 3 is 2.82 bits per heavy atom. The van der Waals surface area contributed by atoms with Crippen LogP contribution in [0.4, 0.5) is 8.78 Å². The third kappa shape index (κ3) is 4.26. The van der Waals surface area contributed by atoms with Gasteiger partial charge in [-0.15, -0.1) is 0 Å². The molecule has 0 saturated heterocycles. The third-order valence-corrected chi connectivity index (χ3v) is 4.24. The van der Waals surface area contributed by atoms with Gasteiger partial charge in [0.05, 0.1) is 0 Å². The van der Waals surface area contributed by atoms with Crippen LogP contribution < -0.4 is 5.32 Å². The zero-order valence-corrected chi connectivity index (χ0v) is 13.0. The highest BCUT2D eigenvalue weighted by Gasteiger charge is 2.45. The number of rotatable bonds is 7. The Morgan fingerprint density at radius 2 is 2.14 bits per heavy atom. The molecule has 1 aliphatic carbocycles. The highest BCUT2D eigenvalue weighted by atomic mass is 19.1. The van der Waals surface area contributed by atoms with Crippen molar-refractivity contribution in [3.63, 3.8) is 0 Å². The van der Waals surface area contributed by atoms with Crippen molar-refractivity contribution in [2.24, 2.45) is 11.3 Å². The van der Waals surface area contributed by atoms with E-state index in [1.54, 1.807) is 0 Å². The Kier molecular flexibility index (Phi) is 5.16. The van der Waals surface area contributed by atoms with Gasteiger partial charge in [0.25, 0.3) is 0 Å². The van der Waals surface area contributed by atoms with Gasteiger partial charge in [-0.05, 0) is 54.4 Å². The van der Waals surface area contributed by atoms with Gasteiger partial charge in [0, 0.05) is 19.1 Å². The van der Waals surface area contributed by atoms with E-state index in [1.807, 2.05) is 13.8 Å². The quantitative estimate of drug-likeness (QED) is 0.761. The summed E-state index contributed by atoms with van der Waals surface area (Å²) in [7, 11) is 0. The Labute approximate surface area is 129 Å². The van der Waals surface area contributed by atoms with E-state index in [0.717, 1.165) is 25.0 Å². The van der Waals surface area contributed by atoms with E-state index < -0.39 is 11.6 Å². The van der Waals surface area contributed by atoms with E-state index in [9.17, 15) is 13.6 Å². The molecule has 5 heteroatoms. The minimum atomic E-state index is -0.478. The minimum Gasteiger partial charge on any atom is -0.396 e. The maximum absolute atomic E-state index is 13.7. The first-order valence-electron chi connectivity index (χ1n) is 7.67. The summed E-state index contributed by atoms with van der Waals surface area (Å²) in [6, 6.07) is 3.37. The molecule has 0 radical (unpaired) electrons. The summed E-state index contributed by atoms with van der Waals surface area (Å²) in [5.74, 6) is -1.51. The molecule has 1 saturated carbocycles. The van der Waals surface area contributed by atoms with Crippen molar-refractivity contribution < 1.29 is 18.7 Å². The van der Waals surface area contributed by atoms with Gasteiger partial charge in [0.15, 0.2) is 0 Å². The van der Waals surface area contributed by atoms with Crippen LogP contribution in [-0.2, 0) is 4.79 Å². The topological polar surface area (TPSA) is 49.3 Å². The first-order valence-corrected chi connectivity index (χ1v) is 7.67. The summed E-state index contributed by atoms with van der Waals surface area (Å²) in [6.07, 6.45) is 2.16. The molecule has 1 amide bonds. The predicted molar refractivity (Wildman–Crippen MR) is 80.3 cm³/mol. The van der Waals surface area contributed by atoms with Crippen molar-refractivity contribution in [1.82, 2.24) is 5.32 Å². The summed E-state index contributed by atoms with van der Waals surface area (Å²) in [5, 5.41) is 12.0. The van der Waals surface area contributed by atoms with Crippen molar-refractivity contribution in [1.29, 1.82) is 0 Å². The lowest BCUT2D eigenvalue weighted by Gasteiger charge is -2.21. The van der Waals surface area contributed by atoms with E-state index >= 15 is 0 Å². The van der Waals surface area contributed by atoms with Crippen LogP contribution in [0.1, 0.15) is 44.6 Å². The highest BCUT2D eigenvalue weighted by Crippen LogP contribution is 2.48. The molecule has 0 heterocycles. The molecule has 1 aliphatic rings. The number of carbonyl (C=O) groups excluding carboxylic acids is 1. The molecule has 1 aromatic rings. The maximum Gasteiger partial charge on any atom is 0.223 e. The van der Waals surface area contributed by atoms with Gasteiger partial charge >= 0.3 is 0 Å². The van der Waals surface area contributed by atoms with Crippen LogP contribution in [0.25, 0.3) is 0 Å². The number of hydrogen-bond donors (Lipinski definition) is 2. The molecule has 1 aromatic carbocycles. The Hall–Kier alpha value is -1.49. The van der Waals surface area contributed by atoms with Gasteiger partial charge in [0.1, 0.15) is 11.6 Å². The lowest BCUT2D eigenvalue weighted by molar-refractivity contribution is -0.122. The summed E-state index contributed by atoms with van der Waals surface area (Å²) in [4.78, 5) is 12.0. The maximum atomic E-state index is 13.7. The first-order chi connectivity index (χ1) is 10.3. The van der Waals surface area contributed by atoms with Crippen LogP contribution in [0, 0.1) is 23.0 Å². The lowest BCUT2D eigenvalue weighted by atomic mass is 9.89. The van der Waals surface area contributed by atoms with E-state index in [-0.39, 0.29) is 29.8 Å². The summed E-state index contributed by atoms with van der Waals surface area (Å²) >= 11 is 0. The number of hydrogen-bond acceptors (Lipinski definition) is 2. The first kappa shape index (κ1) is 16.9. The third-order valence-electron chi connectivity index (χ3n) is 4.24. The Balaban J connectivity index is 1.78. The zero-order valence-electron chi connectivity index (χ0n) is 13.0. The van der Waals surface area contributed by atoms with Gasteiger partial charge in [-0.25, -0.2) is 8.78 Å². The molecule has 2 unspecified atom stereocenters. The van der Waals surface area contributed by atoms with Crippen molar-refractivity contribution in [2.75, 3.05) is 13.2 Å². The van der Waals surface area contributed by atoms with Crippen LogP contribution in [0.3, 0.4) is 0 Å². The molecule has 0 aliphatic heterocycles. The second-order valence-corrected chi connectivity index (χ2v) is 6.83. The van der Waals surface area contributed by atoms with Gasteiger partial charge in [-0.3, -0.25) is 4.79 Å². The highest BCUT2D eigenvalue weighted by molar-refractivity contribution is 5.82. The molecular weight excluding hydrogens is 288 g/mol. The van der Waals surface area contributed by atoms with E-state index in [0.29, 0.717) is 18.5 Å². The summed E-state index contributed by atoms with van der Waals surface area (Å²) in [5.41, 5.74) is 0.152. The van der Waals surface area contributed by atoms with Crippen molar-refractivity contribution in [2.45, 2.75) is 39.0 Å². The average Bonchev–Trinajstić information content (AvgIpc) is 3.26. The van der Waals surface area contributed by atoms with E-state index in [1.165, 1.54) is 6.07 Å². The number of aliphatic hydroxyl groups excluding tert-OH is 1. The second-order valence-electron chi connectivity index (χ2n) is 6.83. The molecule has 1 fully saturated rings. The molecule has 0 bridgehead atoms. The molecule has 2 atom stereocenters. The van der Waals surface area contributed by atoms with Crippen LogP contribution in [0.15, 0.2) is 18.2 Å². The SMILES string of the molecule is CC(C)(CO)CCCNC(=O)C1CC1c1cc(F)ccc1F. The van der Waals surface area contributed by atoms with Crippen LogP contribution >= 0.6 is 0 Å². The molecule has 0 spiro atoms. The number of aliphatic hydroxyl groups is 1. The largest absolute Gasteiger partial charge is 0.396 e. The van der Waals surface area contributed by atoms with Gasteiger partial charge in [0.2, 0.25) is 5.91 Å². The van der Waals surface area contributed by atoms with Crippen molar-refractivity contribution in [3.05, 3.63) is 35.4 Å². The average molecular weight is 311 g/mol. The van der Waals surface area contributed by atoms with Crippen LogP contribution in [-0.4, -0.2) is 24.2 Å². The lowest BCUT2D eigenvalue weighted by Crippen LogP contribution is -2.28. The van der Waals surface area contributed by atoms with Crippen LogP contribution in [0.2, 0.25) is 0 Å². The zero-order chi connectivity index (χ0) is 16.3. The molecular formula is C17H23F2NO2. The number of benzene rings is 1. The van der Waals surface area contributed by atoms with Crippen molar-refractivity contribution >= 4 is 5.91 Å². The fraction of sp³-hybridized carbons (Fsp3) is 0.588. The monoisotopic (exact) mass is 311 g/mol. The normalized spacial score (nSPS) is 20.8. The predicted octanol–water partition coefficient (Wildman–Crippen LogP) is 2.98. The van der Waals surface area contributed by atoms with Gasteiger partial charge in [-0.1, -0.05) is 13.8 Å². The second kappa shape index (κ2) is 6.73. The molecule has 22 heavy (non-hydrogen) atoms. The molecule has 2 rings (SSSR count). The fourth-order valence-electron chi connectivity index (χ4n) is 2.62. The van der Waals surface area contributed by atoms with Crippen molar-refractivity contribution in [3.8, 4) is 0 Å². The number of halogens is 2. The standard InChI is InChI=1S/C17H23F2NO2/c1-17(2,10-21)6-3-7-20-16(22)14-9-12(14)13-8-11(18)4-5-15(13)19/h4-5,8,12,14,21H,3,6-7,9-10H2,1-2H3,(H,20,22). The minimum absolute atomic E-state index is 0.101. The molecule has 122 valence electrons.